The summed E-state index contributed by atoms with van der Waals surface area (Å²) in [6.45, 7) is 3.33. The summed E-state index contributed by atoms with van der Waals surface area (Å²) in [5.41, 5.74) is 0.194. The molecule has 1 N–H and O–H groups in total. The van der Waals surface area contributed by atoms with Gasteiger partial charge in [0.1, 0.15) is 11.5 Å². The first-order valence-electron chi connectivity index (χ1n) is 10.3. The molecule has 0 aromatic heterocycles. The lowest BCUT2D eigenvalue weighted by atomic mass is 10.0. The lowest BCUT2D eigenvalue weighted by molar-refractivity contribution is -0.124. The van der Waals surface area contributed by atoms with Crippen molar-refractivity contribution in [2.75, 3.05) is 6.61 Å². The number of amides is 3. The molecule has 1 atom stereocenters. The Labute approximate surface area is 174 Å². The van der Waals surface area contributed by atoms with Crippen LogP contribution < -0.4 is 10.1 Å². The highest BCUT2D eigenvalue weighted by Gasteiger charge is 2.44. The summed E-state index contributed by atoms with van der Waals surface area (Å²) >= 11 is 0. The maximum atomic E-state index is 13.1. The van der Waals surface area contributed by atoms with Gasteiger partial charge in [-0.25, -0.2) is 0 Å². The summed E-state index contributed by atoms with van der Waals surface area (Å²) in [6, 6.07) is 3.57. The predicted octanol–water partition coefficient (Wildman–Crippen LogP) is 2.05. The van der Waals surface area contributed by atoms with E-state index in [0.717, 1.165) is 4.90 Å². The summed E-state index contributed by atoms with van der Waals surface area (Å²) in [5, 5.41) is 2.69. The Bertz CT molecular complexity index is 892. The van der Waals surface area contributed by atoms with Crippen LogP contribution in [0, 0.1) is 0 Å². The molecule has 8 nitrogen and oxygen atoms in total. The number of nitrogens with zero attached hydrogens (tertiary/aromatic N) is 1. The zero-order valence-corrected chi connectivity index (χ0v) is 17.2. The molecule has 1 aromatic rings. The zero-order chi connectivity index (χ0) is 21.8. The SMILES string of the molecule is CC(C)NC(=O)COc1cccc2c1C(=O)N(C1CCC(=O)CCCCC1=O)C2=O. The van der Waals surface area contributed by atoms with Crippen LogP contribution in [0.15, 0.2) is 18.2 Å². The molecule has 1 heterocycles. The normalized spacial score (nSPS) is 20.0. The molecule has 30 heavy (non-hydrogen) atoms. The van der Waals surface area contributed by atoms with E-state index in [2.05, 4.69) is 5.32 Å². The first-order chi connectivity index (χ1) is 14.3. The Morgan fingerprint density at radius 2 is 1.83 bits per heavy atom. The van der Waals surface area contributed by atoms with Gasteiger partial charge < -0.3 is 10.1 Å². The van der Waals surface area contributed by atoms with Crippen molar-refractivity contribution in [3.05, 3.63) is 29.3 Å². The minimum atomic E-state index is -0.962. The van der Waals surface area contributed by atoms with Gasteiger partial charge in [-0.2, -0.15) is 0 Å². The average Bonchev–Trinajstić information content (AvgIpc) is 2.98. The Morgan fingerprint density at radius 3 is 2.57 bits per heavy atom. The van der Waals surface area contributed by atoms with Crippen molar-refractivity contribution >= 4 is 29.3 Å². The minimum Gasteiger partial charge on any atom is -0.483 e. The lowest BCUT2D eigenvalue weighted by Crippen LogP contribution is -2.45. The summed E-state index contributed by atoms with van der Waals surface area (Å²) in [6.07, 6.45) is 2.13. The van der Waals surface area contributed by atoms with E-state index in [1.165, 1.54) is 12.1 Å². The van der Waals surface area contributed by atoms with Crippen LogP contribution in [-0.4, -0.2) is 52.9 Å². The summed E-state index contributed by atoms with van der Waals surface area (Å²) in [7, 11) is 0. The Kier molecular flexibility index (Phi) is 6.64. The Hall–Kier alpha value is -3.03. The largest absolute Gasteiger partial charge is 0.483 e. The average molecular weight is 414 g/mol. The molecule has 3 amide bonds. The van der Waals surface area contributed by atoms with Gasteiger partial charge in [0.15, 0.2) is 12.4 Å². The number of ether oxygens (including phenoxy) is 1. The van der Waals surface area contributed by atoms with Crippen LogP contribution in [0.1, 0.15) is 73.1 Å². The molecule has 0 radical (unpaired) electrons. The molecule has 1 saturated carbocycles. The first-order valence-corrected chi connectivity index (χ1v) is 10.3. The monoisotopic (exact) mass is 414 g/mol. The van der Waals surface area contributed by atoms with E-state index in [1.807, 2.05) is 13.8 Å². The van der Waals surface area contributed by atoms with E-state index in [-0.39, 0.29) is 66.3 Å². The van der Waals surface area contributed by atoms with Crippen molar-refractivity contribution in [2.45, 2.75) is 64.5 Å². The van der Waals surface area contributed by atoms with Gasteiger partial charge in [0, 0.05) is 25.3 Å². The lowest BCUT2D eigenvalue weighted by Gasteiger charge is -2.24. The van der Waals surface area contributed by atoms with Crippen LogP contribution in [0.3, 0.4) is 0 Å². The Morgan fingerprint density at radius 1 is 1.10 bits per heavy atom. The fraction of sp³-hybridized carbons (Fsp3) is 0.500. The molecule has 1 aromatic carbocycles. The molecule has 0 saturated heterocycles. The molecule has 0 spiro atoms. The number of rotatable bonds is 5. The van der Waals surface area contributed by atoms with Crippen molar-refractivity contribution in [2.24, 2.45) is 0 Å². The van der Waals surface area contributed by atoms with Crippen molar-refractivity contribution in [3.63, 3.8) is 0 Å². The molecule has 0 bridgehead atoms. The standard InChI is InChI=1S/C22H26N2O6/c1-13(2)23-19(27)12-30-18-9-5-7-15-20(18)22(29)24(21(15)28)16-11-10-14(25)6-3-4-8-17(16)26/h5,7,9,13,16H,3-4,6,8,10-12H2,1-2H3,(H,23,27). The predicted molar refractivity (Wildman–Crippen MR) is 107 cm³/mol. The molecular weight excluding hydrogens is 388 g/mol. The summed E-state index contributed by atoms with van der Waals surface area (Å²) in [5.74, 6) is -1.60. The van der Waals surface area contributed by atoms with Crippen LogP contribution in [0.25, 0.3) is 0 Å². The second-order valence-electron chi connectivity index (χ2n) is 7.94. The highest BCUT2D eigenvalue weighted by molar-refractivity contribution is 6.24. The second kappa shape index (κ2) is 9.19. The van der Waals surface area contributed by atoms with Crippen molar-refractivity contribution in [1.82, 2.24) is 10.2 Å². The van der Waals surface area contributed by atoms with Crippen LogP contribution in [-0.2, 0) is 14.4 Å². The molecule has 2 aliphatic rings. The third kappa shape index (κ3) is 4.58. The fourth-order valence-corrected chi connectivity index (χ4v) is 3.83. The van der Waals surface area contributed by atoms with Gasteiger partial charge in [0.2, 0.25) is 0 Å². The van der Waals surface area contributed by atoms with Gasteiger partial charge in [-0.3, -0.25) is 28.9 Å². The van der Waals surface area contributed by atoms with E-state index in [4.69, 9.17) is 4.74 Å². The number of hydrogen-bond donors (Lipinski definition) is 1. The van der Waals surface area contributed by atoms with E-state index >= 15 is 0 Å². The highest BCUT2D eigenvalue weighted by atomic mass is 16.5. The van der Waals surface area contributed by atoms with Crippen LogP contribution in [0.5, 0.6) is 5.75 Å². The number of benzene rings is 1. The first kappa shape index (κ1) is 21.7. The van der Waals surface area contributed by atoms with Gasteiger partial charge >= 0.3 is 0 Å². The van der Waals surface area contributed by atoms with Crippen molar-refractivity contribution in [3.8, 4) is 5.75 Å². The number of imide groups is 1. The number of Topliss-reactive ketones (excluding diaryl/α,β-unsaturated/α-hetero) is 2. The Balaban J connectivity index is 1.84. The molecule has 8 heteroatoms. The van der Waals surface area contributed by atoms with Gasteiger partial charge in [0.25, 0.3) is 17.7 Å². The summed E-state index contributed by atoms with van der Waals surface area (Å²) in [4.78, 5) is 63.7. The number of hydrogen-bond acceptors (Lipinski definition) is 6. The quantitative estimate of drug-likeness (QED) is 0.739. The van der Waals surface area contributed by atoms with E-state index in [0.29, 0.717) is 19.3 Å². The number of carbonyl (C=O) groups is 5. The topological polar surface area (TPSA) is 110 Å². The van der Waals surface area contributed by atoms with Crippen LogP contribution in [0.2, 0.25) is 0 Å². The smallest absolute Gasteiger partial charge is 0.266 e. The molecule has 3 rings (SSSR count). The van der Waals surface area contributed by atoms with Crippen molar-refractivity contribution < 1.29 is 28.7 Å². The zero-order valence-electron chi connectivity index (χ0n) is 17.2. The highest BCUT2D eigenvalue weighted by Crippen LogP contribution is 2.34. The van der Waals surface area contributed by atoms with Gasteiger partial charge in [-0.1, -0.05) is 6.07 Å². The maximum Gasteiger partial charge on any atom is 0.266 e. The number of fused-ring (bicyclic) bond motifs is 1. The van der Waals surface area contributed by atoms with E-state index in [9.17, 15) is 24.0 Å². The van der Waals surface area contributed by atoms with Crippen LogP contribution in [0.4, 0.5) is 0 Å². The molecule has 1 fully saturated rings. The molecule has 160 valence electrons. The maximum absolute atomic E-state index is 13.1. The second-order valence-corrected chi connectivity index (χ2v) is 7.94. The number of carbonyl (C=O) groups excluding carboxylic acids is 5. The van der Waals surface area contributed by atoms with Crippen LogP contribution >= 0.6 is 0 Å². The van der Waals surface area contributed by atoms with E-state index in [1.54, 1.807) is 6.07 Å². The van der Waals surface area contributed by atoms with Gasteiger partial charge in [-0.15, -0.1) is 0 Å². The number of nitrogens with one attached hydrogen (secondary N) is 1. The molecule has 1 unspecified atom stereocenters. The third-order valence-electron chi connectivity index (χ3n) is 5.23. The molecule has 1 aliphatic heterocycles. The molecular formula is C22H26N2O6. The van der Waals surface area contributed by atoms with Crippen molar-refractivity contribution in [1.29, 1.82) is 0 Å². The van der Waals surface area contributed by atoms with Gasteiger partial charge in [-0.05, 0) is 45.2 Å². The van der Waals surface area contributed by atoms with E-state index < -0.39 is 17.9 Å². The fourth-order valence-electron chi connectivity index (χ4n) is 3.83. The van der Waals surface area contributed by atoms with Gasteiger partial charge in [0.05, 0.1) is 17.2 Å². The summed E-state index contributed by atoms with van der Waals surface area (Å²) < 4.78 is 5.52. The third-order valence-corrected chi connectivity index (χ3v) is 5.23. The number of ketones is 2. The minimum absolute atomic E-state index is 0.0338. The molecule has 1 aliphatic carbocycles.